The van der Waals surface area contributed by atoms with Crippen LogP contribution >= 0.6 is 12.2 Å². The molecule has 20 heavy (non-hydrogen) atoms. The molecule has 2 aromatic rings. The Kier molecular flexibility index (Phi) is 5.06. The first kappa shape index (κ1) is 14.5. The van der Waals surface area contributed by atoms with Crippen LogP contribution in [0.2, 0.25) is 0 Å². The molecule has 1 N–H and O–H groups in total. The summed E-state index contributed by atoms with van der Waals surface area (Å²) >= 11 is 5.16. The van der Waals surface area contributed by atoms with Crippen molar-refractivity contribution in [3.05, 3.63) is 40.4 Å². The van der Waals surface area contributed by atoms with Gasteiger partial charge in [-0.2, -0.15) is 14.9 Å². The molecular formula is C14H18N4OS. The molecule has 0 saturated heterocycles. The molecule has 0 aliphatic rings. The maximum atomic E-state index is 5.69. The largest absolute Gasteiger partial charge is 0.493 e. The summed E-state index contributed by atoms with van der Waals surface area (Å²) in [7, 11) is 0. The van der Waals surface area contributed by atoms with Crippen molar-refractivity contribution in [1.29, 1.82) is 0 Å². The zero-order valence-corrected chi connectivity index (χ0v) is 12.5. The Balaban J connectivity index is 2.27. The molecule has 1 heterocycles. The summed E-state index contributed by atoms with van der Waals surface area (Å²) in [5.74, 6) is 1.63. The summed E-state index contributed by atoms with van der Waals surface area (Å²) in [6.07, 6.45) is 3.48. The number of nitrogens with one attached hydrogen (secondary N) is 1. The molecule has 2 rings (SSSR count). The summed E-state index contributed by atoms with van der Waals surface area (Å²) in [5, 5.41) is 11.3. The second-order valence-electron chi connectivity index (χ2n) is 4.24. The highest BCUT2D eigenvalue weighted by atomic mass is 32.1. The molecule has 106 valence electrons. The third kappa shape index (κ3) is 3.33. The minimum Gasteiger partial charge on any atom is -0.493 e. The second-order valence-corrected chi connectivity index (χ2v) is 4.63. The summed E-state index contributed by atoms with van der Waals surface area (Å²) < 4.78 is 7.81. The third-order valence-electron chi connectivity index (χ3n) is 2.73. The van der Waals surface area contributed by atoms with E-state index >= 15 is 0 Å². The van der Waals surface area contributed by atoms with E-state index in [2.05, 4.69) is 22.2 Å². The van der Waals surface area contributed by atoms with Crippen molar-refractivity contribution in [2.45, 2.75) is 26.7 Å². The minimum absolute atomic E-state index is 0.491. The van der Waals surface area contributed by atoms with Crippen LogP contribution in [0.5, 0.6) is 5.75 Å². The van der Waals surface area contributed by atoms with Crippen molar-refractivity contribution in [3.8, 4) is 5.75 Å². The van der Waals surface area contributed by atoms with Crippen molar-refractivity contribution < 1.29 is 4.74 Å². The smallest absolute Gasteiger partial charge is 0.216 e. The summed E-state index contributed by atoms with van der Waals surface area (Å²) in [6.45, 7) is 4.78. The third-order valence-corrected chi connectivity index (χ3v) is 2.99. The lowest BCUT2D eigenvalue weighted by atomic mass is 10.2. The highest BCUT2D eigenvalue weighted by Crippen LogP contribution is 2.16. The normalized spacial score (nSPS) is 11.1. The van der Waals surface area contributed by atoms with Gasteiger partial charge >= 0.3 is 0 Å². The zero-order chi connectivity index (χ0) is 14.4. The predicted molar refractivity (Wildman–Crippen MR) is 82.0 cm³/mol. The molecule has 5 nitrogen and oxygen atoms in total. The zero-order valence-electron chi connectivity index (χ0n) is 11.7. The SMILES string of the molecule is CCCOc1ccccc1/C=N/n1c(CC)n[nH]c1=S. The van der Waals surface area contributed by atoms with E-state index in [4.69, 9.17) is 17.0 Å². The van der Waals surface area contributed by atoms with Gasteiger partial charge < -0.3 is 4.74 Å². The Bertz CT molecular complexity index is 645. The average molecular weight is 290 g/mol. The first-order valence-electron chi connectivity index (χ1n) is 6.68. The van der Waals surface area contributed by atoms with Crippen LogP contribution in [0.25, 0.3) is 0 Å². The number of para-hydroxylation sites is 1. The summed E-state index contributed by atoms with van der Waals surface area (Å²) in [4.78, 5) is 0. The van der Waals surface area contributed by atoms with Gasteiger partial charge in [-0.05, 0) is 30.8 Å². The van der Waals surface area contributed by atoms with Crippen LogP contribution in [0.15, 0.2) is 29.4 Å². The van der Waals surface area contributed by atoms with E-state index in [1.165, 1.54) is 0 Å². The average Bonchev–Trinajstić information content (AvgIpc) is 2.84. The van der Waals surface area contributed by atoms with E-state index < -0.39 is 0 Å². The van der Waals surface area contributed by atoms with Gasteiger partial charge in [-0.3, -0.25) is 5.10 Å². The molecule has 0 fully saturated rings. The van der Waals surface area contributed by atoms with Crippen molar-refractivity contribution in [2.75, 3.05) is 6.61 Å². The summed E-state index contributed by atoms with van der Waals surface area (Å²) in [5.41, 5.74) is 0.922. The van der Waals surface area contributed by atoms with E-state index in [0.717, 1.165) is 30.0 Å². The van der Waals surface area contributed by atoms with Crippen molar-refractivity contribution in [2.24, 2.45) is 5.10 Å². The van der Waals surface area contributed by atoms with Gasteiger partial charge in [-0.15, -0.1) is 0 Å². The Labute approximate surface area is 123 Å². The molecule has 0 unspecified atom stereocenters. The number of aryl methyl sites for hydroxylation is 1. The molecule has 1 aromatic carbocycles. The van der Waals surface area contributed by atoms with Gasteiger partial charge in [0, 0.05) is 12.0 Å². The fourth-order valence-electron chi connectivity index (χ4n) is 1.72. The molecule has 0 bridgehead atoms. The van der Waals surface area contributed by atoms with Crippen molar-refractivity contribution >= 4 is 18.4 Å². The van der Waals surface area contributed by atoms with Gasteiger partial charge in [0.1, 0.15) is 5.75 Å². The van der Waals surface area contributed by atoms with E-state index in [1.807, 2.05) is 31.2 Å². The molecule has 1 aromatic heterocycles. The fraction of sp³-hybridized carbons (Fsp3) is 0.357. The molecule has 0 spiro atoms. The first-order chi connectivity index (χ1) is 9.76. The molecule has 0 aliphatic carbocycles. The van der Waals surface area contributed by atoms with Gasteiger partial charge in [-0.1, -0.05) is 26.0 Å². The Hall–Kier alpha value is -1.95. The number of hydrogen-bond donors (Lipinski definition) is 1. The quantitative estimate of drug-likeness (QED) is 0.656. The van der Waals surface area contributed by atoms with Crippen LogP contribution in [-0.2, 0) is 6.42 Å². The number of hydrogen-bond acceptors (Lipinski definition) is 4. The second kappa shape index (κ2) is 7.00. The van der Waals surface area contributed by atoms with Gasteiger partial charge in [0.05, 0.1) is 12.8 Å². The first-order valence-corrected chi connectivity index (χ1v) is 7.09. The van der Waals surface area contributed by atoms with E-state index in [-0.39, 0.29) is 0 Å². The Morgan fingerprint density at radius 3 is 2.95 bits per heavy atom. The van der Waals surface area contributed by atoms with Gasteiger partial charge in [0.2, 0.25) is 4.77 Å². The Morgan fingerprint density at radius 2 is 2.20 bits per heavy atom. The van der Waals surface area contributed by atoms with E-state index in [0.29, 0.717) is 11.4 Å². The van der Waals surface area contributed by atoms with Crippen LogP contribution in [0.4, 0.5) is 0 Å². The van der Waals surface area contributed by atoms with Crippen molar-refractivity contribution in [1.82, 2.24) is 14.9 Å². The monoisotopic (exact) mass is 290 g/mol. The fourth-order valence-corrected chi connectivity index (χ4v) is 1.92. The minimum atomic E-state index is 0.491. The maximum absolute atomic E-state index is 5.69. The lowest BCUT2D eigenvalue weighted by molar-refractivity contribution is 0.317. The van der Waals surface area contributed by atoms with Crippen LogP contribution in [0, 0.1) is 4.77 Å². The molecule has 0 amide bonds. The van der Waals surface area contributed by atoms with E-state index in [1.54, 1.807) is 10.9 Å². The molecule has 0 atom stereocenters. The van der Waals surface area contributed by atoms with Crippen molar-refractivity contribution in [3.63, 3.8) is 0 Å². The molecule has 0 saturated carbocycles. The van der Waals surface area contributed by atoms with Crippen LogP contribution in [0.1, 0.15) is 31.7 Å². The number of benzene rings is 1. The van der Waals surface area contributed by atoms with Gasteiger partial charge in [0.25, 0.3) is 0 Å². The highest BCUT2D eigenvalue weighted by molar-refractivity contribution is 7.71. The number of H-pyrrole nitrogens is 1. The van der Waals surface area contributed by atoms with Gasteiger partial charge in [0.15, 0.2) is 5.82 Å². The Morgan fingerprint density at radius 1 is 1.40 bits per heavy atom. The molecule has 0 radical (unpaired) electrons. The number of ether oxygens (including phenoxy) is 1. The number of aromatic nitrogens is 3. The molecular weight excluding hydrogens is 272 g/mol. The molecule has 0 aliphatic heterocycles. The lowest BCUT2D eigenvalue weighted by Gasteiger charge is -2.07. The maximum Gasteiger partial charge on any atom is 0.216 e. The number of aromatic amines is 1. The lowest BCUT2D eigenvalue weighted by Crippen LogP contribution is -2.00. The topological polar surface area (TPSA) is 55.2 Å². The van der Waals surface area contributed by atoms with Crippen LogP contribution in [-0.4, -0.2) is 27.7 Å². The summed E-state index contributed by atoms with van der Waals surface area (Å²) in [6, 6.07) is 7.80. The van der Waals surface area contributed by atoms with Crippen LogP contribution in [0.3, 0.4) is 0 Å². The van der Waals surface area contributed by atoms with E-state index in [9.17, 15) is 0 Å². The van der Waals surface area contributed by atoms with Gasteiger partial charge in [-0.25, -0.2) is 0 Å². The molecule has 6 heteroatoms. The number of nitrogens with zero attached hydrogens (tertiary/aromatic N) is 3. The highest BCUT2D eigenvalue weighted by Gasteiger charge is 2.03. The predicted octanol–water partition coefficient (Wildman–Crippen LogP) is 3.17. The van der Waals surface area contributed by atoms with Crippen LogP contribution < -0.4 is 4.74 Å². The number of rotatable bonds is 6. The standard InChI is InChI=1S/C14H18N4OS/c1-3-9-19-12-8-6-5-7-11(12)10-15-18-13(4-2)16-17-14(18)20/h5-8,10H,3-4,9H2,1-2H3,(H,17,20)/b15-10+.